The van der Waals surface area contributed by atoms with Crippen LogP contribution in [0.25, 0.3) is 11.0 Å². The Morgan fingerprint density at radius 2 is 1.94 bits per heavy atom. The van der Waals surface area contributed by atoms with Crippen LogP contribution in [-0.4, -0.2) is 45.4 Å². The summed E-state index contributed by atoms with van der Waals surface area (Å²) in [6.45, 7) is 0. The van der Waals surface area contributed by atoms with Crippen molar-refractivity contribution in [3.05, 3.63) is 72.6 Å². The van der Waals surface area contributed by atoms with E-state index in [1.54, 1.807) is 0 Å². The van der Waals surface area contributed by atoms with E-state index in [1.807, 2.05) is 0 Å². The number of aromatic amines is 1. The predicted molar refractivity (Wildman–Crippen MR) is 125 cm³/mol. The molecule has 0 saturated carbocycles. The Hall–Kier alpha value is -4.36. The smallest absolute Gasteiger partial charge is 0.355 e. The van der Waals surface area contributed by atoms with Crippen LogP contribution in [0.15, 0.2) is 46.3 Å². The van der Waals surface area contributed by atoms with Crippen LogP contribution < -0.4 is 16.7 Å². The van der Waals surface area contributed by atoms with E-state index in [2.05, 4.69) is 25.1 Å². The van der Waals surface area contributed by atoms with Crippen LogP contribution in [0.1, 0.15) is 11.6 Å². The highest BCUT2D eigenvalue weighted by Crippen LogP contribution is 2.26. The van der Waals surface area contributed by atoms with Gasteiger partial charge >= 0.3 is 5.97 Å². The number of amides is 1. The number of hydrogen-bond donors (Lipinski definition) is 3. The van der Waals surface area contributed by atoms with Crippen LogP contribution in [0.4, 0.5) is 11.4 Å². The van der Waals surface area contributed by atoms with Crippen molar-refractivity contribution in [2.45, 2.75) is 5.92 Å². The summed E-state index contributed by atoms with van der Waals surface area (Å²) < 4.78 is 4.57. The third-order valence-electron chi connectivity index (χ3n) is 4.66. The van der Waals surface area contributed by atoms with Crippen molar-refractivity contribution in [3.63, 3.8) is 0 Å². The number of nitrogens with zero attached hydrogens (tertiary/aromatic N) is 3. The fourth-order valence-corrected chi connectivity index (χ4v) is 3.37. The number of hydrogen-bond acceptors (Lipinski definition) is 10. The highest BCUT2D eigenvalue weighted by atomic mass is 35.5. The van der Waals surface area contributed by atoms with Crippen LogP contribution in [-0.2, 0) is 19.1 Å². The monoisotopic (exact) mass is 520 g/mol. The number of methoxy groups -OCH3 is 1. The van der Waals surface area contributed by atoms with Gasteiger partial charge in [-0.3, -0.25) is 24.5 Å². The Bertz CT molecular complexity index is 1470. The maximum atomic E-state index is 13.2. The third kappa shape index (κ3) is 5.26. The van der Waals surface area contributed by atoms with Crippen molar-refractivity contribution in [3.8, 4) is 0 Å². The molecule has 13 nitrogen and oxygen atoms in total. The molecule has 1 aromatic heterocycles. The zero-order valence-corrected chi connectivity index (χ0v) is 19.1. The molecular formula is C20H14Cl2N6O7. The first-order chi connectivity index (χ1) is 16.6. The number of ketones is 1. The number of nitro groups is 1. The quantitative estimate of drug-likeness (QED) is 0.104. The summed E-state index contributed by atoms with van der Waals surface area (Å²) >= 11 is 11.9. The van der Waals surface area contributed by atoms with Gasteiger partial charge in [0.25, 0.3) is 17.2 Å². The molecule has 0 radical (unpaired) electrons. The van der Waals surface area contributed by atoms with Crippen LogP contribution >= 0.6 is 23.2 Å². The maximum absolute atomic E-state index is 13.2. The first kappa shape index (κ1) is 25.3. The lowest BCUT2D eigenvalue weighted by atomic mass is 9.93. The number of halogens is 2. The Balaban J connectivity index is 2.13. The van der Waals surface area contributed by atoms with Crippen LogP contribution in [0.5, 0.6) is 0 Å². The summed E-state index contributed by atoms with van der Waals surface area (Å²) in [5.41, 5.74) is -2.81. The number of hydrazone groups is 1. The fourth-order valence-electron chi connectivity index (χ4n) is 3.03. The normalized spacial score (nSPS) is 12.1. The summed E-state index contributed by atoms with van der Waals surface area (Å²) in [5.74, 6) is -0.558. The molecule has 0 bridgehead atoms. The second-order valence-electron chi connectivity index (χ2n) is 6.79. The van der Waals surface area contributed by atoms with Crippen molar-refractivity contribution in [1.29, 1.82) is 0 Å². The molecule has 0 aliphatic carbocycles. The van der Waals surface area contributed by atoms with Gasteiger partial charge < -0.3 is 20.9 Å². The van der Waals surface area contributed by atoms with E-state index < -0.39 is 45.5 Å². The van der Waals surface area contributed by atoms with E-state index in [9.17, 15) is 29.3 Å². The molecule has 3 aromatic rings. The number of benzene rings is 2. The van der Waals surface area contributed by atoms with Gasteiger partial charge in [0.15, 0.2) is 5.71 Å². The molecule has 3 rings (SSSR count). The zero-order chi connectivity index (χ0) is 25.9. The number of H-pyrrole nitrogens is 1. The minimum absolute atomic E-state index is 0.0162. The average Bonchev–Trinajstić information content (AvgIpc) is 2.83. The first-order valence-electron chi connectivity index (χ1n) is 9.42. The second-order valence-corrected chi connectivity index (χ2v) is 7.63. The number of esters is 1. The number of carbonyl (C=O) groups excluding carboxylic acids is 3. The number of carbonyl (C=O) groups is 3. The van der Waals surface area contributed by atoms with Crippen molar-refractivity contribution in [2.75, 3.05) is 12.4 Å². The van der Waals surface area contributed by atoms with E-state index in [4.69, 9.17) is 29.0 Å². The number of ether oxygens (including phenoxy) is 1. The van der Waals surface area contributed by atoms with Gasteiger partial charge in [-0.25, -0.2) is 9.78 Å². The molecule has 4 N–H and O–H groups in total. The van der Waals surface area contributed by atoms with E-state index >= 15 is 0 Å². The highest BCUT2D eigenvalue weighted by Gasteiger charge is 2.39. The molecule has 15 heteroatoms. The van der Waals surface area contributed by atoms with Gasteiger partial charge in [0, 0.05) is 17.2 Å². The molecular weight excluding hydrogens is 507 g/mol. The zero-order valence-electron chi connectivity index (χ0n) is 17.6. The van der Waals surface area contributed by atoms with Crippen LogP contribution in [0.3, 0.4) is 0 Å². The topological polar surface area (TPSA) is 200 Å². The molecule has 0 fully saturated rings. The molecule has 2 aromatic carbocycles. The van der Waals surface area contributed by atoms with Crippen LogP contribution in [0, 0.1) is 10.1 Å². The number of aromatic nitrogens is 2. The number of nitrogens with two attached hydrogens (primary N) is 1. The predicted octanol–water partition coefficient (Wildman–Crippen LogP) is 1.92. The van der Waals surface area contributed by atoms with E-state index in [0.717, 1.165) is 19.2 Å². The summed E-state index contributed by atoms with van der Waals surface area (Å²) in [7, 11) is 0.970. The SMILES string of the molecule is COC(=O)/C(=N\N)[C@H](C(=O)C(=O)Nc1cc(Cl)ccc1Cl)c1nc2ccc([N+](=O)[O-])cc2[nH]c1=O. The molecule has 0 spiro atoms. The number of nitro benzene ring substituents is 1. The summed E-state index contributed by atoms with van der Waals surface area (Å²) in [6, 6.07) is 7.46. The highest BCUT2D eigenvalue weighted by molar-refractivity contribution is 6.53. The second kappa shape index (κ2) is 10.3. The number of non-ortho nitro benzene ring substituents is 1. The lowest BCUT2D eigenvalue weighted by Gasteiger charge is -2.16. The molecule has 1 atom stereocenters. The molecule has 0 aliphatic heterocycles. The number of Topliss-reactive ketones (excluding diaryl/α,β-unsaturated/α-hetero) is 1. The van der Waals surface area contributed by atoms with Gasteiger partial charge in [-0.05, 0) is 24.3 Å². The largest absolute Gasteiger partial charge is 0.464 e. The van der Waals surface area contributed by atoms with E-state index in [-0.39, 0.29) is 32.5 Å². The number of rotatable bonds is 7. The van der Waals surface area contributed by atoms with E-state index in [1.165, 1.54) is 24.3 Å². The maximum Gasteiger partial charge on any atom is 0.355 e. The molecule has 35 heavy (non-hydrogen) atoms. The number of fused-ring (bicyclic) bond motifs is 1. The summed E-state index contributed by atoms with van der Waals surface area (Å²) in [5, 5.41) is 16.8. The molecule has 1 amide bonds. The summed E-state index contributed by atoms with van der Waals surface area (Å²) in [6.07, 6.45) is 0. The number of nitrogens with one attached hydrogen (secondary N) is 2. The number of anilines is 1. The van der Waals surface area contributed by atoms with Crippen LogP contribution in [0.2, 0.25) is 10.0 Å². The van der Waals surface area contributed by atoms with Crippen molar-refractivity contribution in [1.82, 2.24) is 9.97 Å². The Kier molecular flexibility index (Phi) is 7.42. The minimum Gasteiger partial charge on any atom is -0.464 e. The molecule has 0 aliphatic rings. The molecule has 0 saturated heterocycles. The molecule has 180 valence electrons. The minimum atomic E-state index is -1.99. The molecule has 0 unspecified atom stereocenters. The average molecular weight is 521 g/mol. The van der Waals surface area contributed by atoms with Gasteiger partial charge in [-0.1, -0.05) is 23.2 Å². The van der Waals surface area contributed by atoms with Gasteiger partial charge in [0.1, 0.15) is 11.6 Å². The third-order valence-corrected chi connectivity index (χ3v) is 5.22. The summed E-state index contributed by atoms with van der Waals surface area (Å²) in [4.78, 5) is 67.8. The van der Waals surface area contributed by atoms with Crippen molar-refractivity contribution < 1.29 is 24.0 Å². The Morgan fingerprint density at radius 3 is 2.57 bits per heavy atom. The Morgan fingerprint density at radius 1 is 1.23 bits per heavy atom. The van der Waals surface area contributed by atoms with Gasteiger partial charge in [-0.15, -0.1) is 0 Å². The molecule has 1 heterocycles. The fraction of sp³-hybridized carbons (Fsp3) is 0.100. The lowest BCUT2D eigenvalue weighted by Crippen LogP contribution is -2.40. The first-order valence-corrected chi connectivity index (χ1v) is 10.2. The van der Waals surface area contributed by atoms with Gasteiger partial charge in [0.05, 0.1) is 33.8 Å². The van der Waals surface area contributed by atoms with Gasteiger partial charge in [-0.2, -0.15) is 5.10 Å². The van der Waals surface area contributed by atoms with E-state index in [0.29, 0.717) is 0 Å². The standard InChI is InChI=1S/C20H14Cl2N6O7/c1-35-20(32)16(27-23)14(17(29)19(31)25-12-6-8(21)2-4-10(12)22)15-18(30)26-13-7-9(28(33)34)3-5-11(13)24-15/h2-7,14H,23H2,1H3,(H,25,31)(H,26,30)/b27-16-/t14-/m1/s1. The Labute approximate surface area is 205 Å². The van der Waals surface area contributed by atoms with Crippen molar-refractivity contribution >= 4 is 69.0 Å². The lowest BCUT2D eigenvalue weighted by molar-refractivity contribution is -0.384. The van der Waals surface area contributed by atoms with Crippen molar-refractivity contribution in [2.24, 2.45) is 10.9 Å². The van der Waals surface area contributed by atoms with Gasteiger partial charge in [0.2, 0.25) is 5.78 Å².